The van der Waals surface area contributed by atoms with Crippen LogP contribution in [0.2, 0.25) is 0 Å². The number of hydrogen-bond donors (Lipinski definition) is 27. The van der Waals surface area contributed by atoms with Crippen LogP contribution in [0.15, 0.2) is 76.3 Å². The van der Waals surface area contributed by atoms with Crippen molar-refractivity contribution >= 4 is 123 Å². The van der Waals surface area contributed by atoms with Crippen LogP contribution in [0, 0.1) is 22.7 Å². The molecule has 0 spiro atoms. The van der Waals surface area contributed by atoms with Gasteiger partial charge in [-0.25, -0.2) is 9.78 Å². The number of rotatable bonds is 63. The van der Waals surface area contributed by atoms with Gasteiger partial charge >= 0.3 is 11.9 Å². The van der Waals surface area contributed by atoms with Crippen molar-refractivity contribution in [2.24, 2.45) is 34.8 Å². The van der Waals surface area contributed by atoms with Gasteiger partial charge in [-0.05, 0) is 177 Å². The Kier molecular flexibility index (Phi) is 48.4. The molecule has 31 N–H and O–H groups in total. The molecule has 1 aliphatic carbocycles. The van der Waals surface area contributed by atoms with Crippen LogP contribution in [-0.2, 0) is 78.3 Å². The molecule has 47 nitrogen and oxygen atoms in total. The van der Waals surface area contributed by atoms with E-state index in [9.17, 15) is 107 Å². The normalized spacial score (nSPS) is 13.5. The van der Waals surface area contributed by atoms with Crippen LogP contribution in [0.1, 0.15) is 210 Å². The first-order valence-electron chi connectivity index (χ1n) is 45.7. The van der Waals surface area contributed by atoms with E-state index in [2.05, 4.69) is 95.0 Å². The highest BCUT2D eigenvalue weighted by molar-refractivity contribution is 6.09. The minimum atomic E-state index is -1.66. The number of aliphatic hydroxyl groups is 1. The molecular weight excluding hydrogens is 1790 g/mol. The Morgan fingerprint density at radius 3 is 1.53 bits per heavy atom. The van der Waals surface area contributed by atoms with E-state index in [4.69, 9.17) is 38.2 Å². The second-order valence-electron chi connectivity index (χ2n) is 34.0. The van der Waals surface area contributed by atoms with Gasteiger partial charge in [-0.3, -0.25) is 92.3 Å². The highest BCUT2D eigenvalue weighted by Gasteiger charge is 2.38. The average molecular weight is 1920 g/mol. The van der Waals surface area contributed by atoms with Gasteiger partial charge in [0.15, 0.2) is 17.3 Å². The van der Waals surface area contributed by atoms with Crippen molar-refractivity contribution in [3.05, 3.63) is 94.2 Å². The van der Waals surface area contributed by atoms with Crippen LogP contribution in [0.5, 0.6) is 5.75 Å². The molecule has 15 amide bonds. The van der Waals surface area contributed by atoms with Gasteiger partial charge in [0.2, 0.25) is 82.7 Å². The number of nitrogens with one attached hydrogen (secondary N) is 19. The summed E-state index contributed by atoms with van der Waals surface area (Å²) in [6, 6.07) is -2.81. The number of nitrogens with two attached hydrogens (primary N) is 4. The third kappa shape index (κ3) is 40.4. The van der Waals surface area contributed by atoms with Gasteiger partial charge in [0.1, 0.15) is 83.6 Å². The summed E-state index contributed by atoms with van der Waals surface area (Å²) in [5, 5.41) is 97.7. The summed E-state index contributed by atoms with van der Waals surface area (Å²) in [6.07, 6.45) is 5.80. The summed E-state index contributed by atoms with van der Waals surface area (Å²) in [7, 11) is 0. The number of phenolic OH excluding ortho intramolecular Hbond substituents is 1. The number of unbranched alkanes of at least 4 members (excludes halogenated alkanes) is 6. The number of carbonyl (C=O) groups excluding carboxylic acids is 15. The smallest absolute Gasteiger partial charge is 0.336 e. The summed E-state index contributed by atoms with van der Waals surface area (Å²) >= 11 is 0. The number of primary amides is 1. The number of guanidine groups is 2. The maximum Gasteiger partial charge on any atom is 0.336 e. The minimum absolute atomic E-state index is 0.0313. The van der Waals surface area contributed by atoms with Crippen molar-refractivity contribution in [2.45, 2.75) is 256 Å². The van der Waals surface area contributed by atoms with Crippen molar-refractivity contribution in [1.82, 2.24) is 95.0 Å². The molecular formula is C90H134N24O23. The maximum atomic E-state index is 14.7. The number of nitrogens with zero attached hydrogens (tertiary/aromatic N) is 1. The van der Waals surface area contributed by atoms with Crippen molar-refractivity contribution in [3.8, 4) is 28.2 Å². The molecule has 1 aromatic heterocycles. The summed E-state index contributed by atoms with van der Waals surface area (Å²) in [5.74, 6) is -16.1. The van der Waals surface area contributed by atoms with Crippen LogP contribution >= 0.6 is 0 Å². The summed E-state index contributed by atoms with van der Waals surface area (Å²) in [6.45, 7) is 10.3. The van der Waals surface area contributed by atoms with Crippen LogP contribution in [0.3, 0.4) is 0 Å². The zero-order chi connectivity index (χ0) is 102. The van der Waals surface area contributed by atoms with Crippen LogP contribution < -0.4 is 113 Å². The summed E-state index contributed by atoms with van der Waals surface area (Å²) < 4.78 is 5.89. The van der Waals surface area contributed by atoms with E-state index in [1.807, 2.05) is 0 Å². The lowest BCUT2D eigenvalue weighted by Crippen LogP contribution is -2.61. The molecule has 0 saturated carbocycles. The molecule has 2 heterocycles. The maximum absolute atomic E-state index is 14.7. The number of aliphatic hydroxyl groups excluding tert-OH is 1. The topological polar surface area (TPSA) is 774 Å². The van der Waals surface area contributed by atoms with Crippen LogP contribution in [0.4, 0.5) is 0 Å². The quantitative estimate of drug-likeness (QED) is 0.00891. The van der Waals surface area contributed by atoms with E-state index in [-0.39, 0.29) is 166 Å². The van der Waals surface area contributed by atoms with Crippen molar-refractivity contribution < 1.29 is 106 Å². The van der Waals surface area contributed by atoms with Gasteiger partial charge in [-0.1, -0.05) is 46.6 Å². The number of hydrogen-bond acceptors (Lipinski definition) is 25. The fourth-order valence-corrected chi connectivity index (χ4v) is 14.5. The molecule has 137 heavy (non-hydrogen) atoms. The average Bonchev–Trinajstić information content (AvgIpc) is 0.897. The first-order valence-corrected chi connectivity index (χ1v) is 45.7. The van der Waals surface area contributed by atoms with E-state index in [0.29, 0.717) is 80.8 Å². The zero-order valence-electron chi connectivity index (χ0n) is 78.2. The standard InChI is InChI=1S/C90H134N24O23/c1-48(2)40-66(111-86(133)67(42-54-45-97-47-103-54)112-87(134)75(49(3)4)114-84(131)65(32-33-73(121)122)108-78(125)51(6)105-81(128)63(22-18-38-101-89(93)94)107-77(124)50(5)104-52(7)116)85(132)110-64(23-19-39-102-90(95)96)82(129)109-62(21-12-14-34-91)83(130)113-68(46-115)80(127)100-36-16-8-10-24-71(119)98-35-15-9-11-25-72(120)106-61(76(92)123)20-13-17-37-99-79(126)53-26-29-57(60(41-53)88(135)136)74-58-30-27-55(117)43-69(58)137-70-44-56(118)28-31-59(70)74/h26-31,41,43-45,47-51,61-68,75,115,117H,8-25,32-40,42,46,91H2,1-7H3,(H2,92,123)(H,97,103)(H,98,119)(H,99,126)(H,100,127)(H,104,116)(H,105,128)(H,106,120)(H,107,124)(H,108,125)(H,109,129)(H,110,132)(H,111,133)(H,112,134)(H,113,130)(H,114,131)(H,121,122)(H,135,136)(H4,93,94,101)(H4,95,96,102)/t50-,51-,61-,62-,63-,64-,65-,66-,67-,68-,75-/m0/s1. The number of benzene rings is 3. The number of fused-ring (bicyclic) bond motifs is 2. The molecule has 2 aromatic carbocycles. The zero-order valence-corrected chi connectivity index (χ0v) is 78.2. The van der Waals surface area contributed by atoms with Crippen molar-refractivity contribution in [1.29, 1.82) is 10.8 Å². The highest BCUT2D eigenvalue weighted by atomic mass is 16.4. The number of amides is 15. The monoisotopic (exact) mass is 1920 g/mol. The third-order valence-corrected chi connectivity index (χ3v) is 21.8. The van der Waals surface area contributed by atoms with E-state index < -0.39 is 192 Å². The third-order valence-electron chi connectivity index (χ3n) is 21.8. The molecule has 11 atom stereocenters. The number of aliphatic carboxylic acids is 1. The van der Waals surface area contributed by atoms with E-state index >= 15 is 0 Å². The first kappa shape index (κ1) is 113. The van der Waals surface area contributed by atoms with Gasteiger partial charge in [0.05, 0.1) is 24.2 Å². The molecule has 0 saturated heterocycles. The number of aromatic nitrogens is 2. The van der Waals surface area contributed by atoms with E-state index in [0.717, 1.165) is 0 Å². The second kappa shape index (κ2) is 58.7. The lowest BCUT2D eigenvalue weighted by atomic mass is 9.90. The van der Waals surface area contributed by atoms with E-state index in [1.165, 1.54) is 95.7 Å². The number of carboxylic acids is 2. The number of aromatic amines is 1. The van der Waals surface area contributed by atoms with Crippen LogP contribution in [-0.4, -0.2) is 255 Å². The van der Waals surface area contributed by atoms with Gasteiger partial charge in [-0.15, -0.1) is 0 Å². The van der Waals surface area contributed by atoms with Gasteiger partial charge in [-0.2, -0.15) is 0 Å². The molecule has 0 fully saturated rings. The number of carbonyl (C=O) groups is 17. The number of imidazole rings is 1. The summed E-state index contributed by atoms with van der Waals surface area (Å²) in [5.41, 5.74) is 23.4. The Bertz CT molecular complexity index is 5010. The van der Waals surface area contributed by atoms with Crippen molar-refractivity contribution in [2.75, 3.05) is 45.9 Å². The molecule has 5 rings (SSSR count). The highest BCUT2D eigenvalue weighted by Crippen LogP contribution is 2.42. The second-order valence-corrected chi connectivity index (χ2v) is 34.0. The molecule has 2 aliphatic rings. The lowest BCUT2D eigenvalue weighted by Gasteiger charge is -2.29. The lowest BCUT2D eigenvalue weighted by molar-refractivity contribution is -0.139. The van der Waals surface area contributed by atoms with E-state index in [1.54, 1.807) is 19.9 Å². The fraction of sp³-hybridized carbons (Fsp3) is 0.544. The predicted molar refractivity (Wildman–Crippen MR) is 502 cm³/mol. The van der Waals surface area contributed by atoms with Gasteiger partial charge < -0.3 is 138 Å². The Hall–Kier alpha value is -14.4. The van der Waals surface area contributed by atoms with Crippen LogP contribution in [0.25, 0.3) is 33.4 Å². The number of aromatic hydroxyl groups is 1. The summed E-state index contributed by atoms with van der Waals surface area (Å²) in [4.78, 5) is 248. The molecule has 0 bridgehead atoms. The molecule has 0 radical (unpaired) electrons. The number of carboxylic acid groups (broad SMARTS) is 2. The number of aromatic carboxylic acids is 1. The Labute approximate surface area is 791 Å². The van der Waals surface area contributed by atoms with Gasteiger partial charge in [0, 0.05) is 106 Å². The molecule has 752 valence electrons. The van der Waals surface area contributed by atoms with Crippen molar-refractivity contribution in [3.63, 3.8) is 0 Å². The fourth-order valence-electron chi connectivity index (χ4n) is 14.5. The molecule has 0 unspecified atom stereocenters. The minimum Gasteiger partial charge on any atom is -0.508 e. The first-order chi connectivity index (χ1) is 65.0. The Morgan fingerprint density at radius 1 is 0.467 bits per heavy atom. The molecule has 3 aromatic rings. The molecule has 1 aliphatic heterocycles. The number of phenols is 1. The predicted octanol–water partition coefficient (Wildman–Crippen LogP) is -1.72. The largest absolute Gasteiger partial charge is 0.508 e. The SMILES string of the molecule is CC(=O)N[C@@H](C)C(=O)N[C@@H](CCCNC(=N)N)C(=O)N[C@@H](C)C(=O)N[C@@H](CCC(=O)O)C(=O)N[C@H](C(=O)N[C@@H](Cc1c[nH]cn1)C(=O)N[C@@H](CC(C)C)C(=O)N[C@@H](CCCNC(=N)N)C(=O)N[C@@H](CCCCN)C(=O)N[C@@H](CO)C(=O)NCCCCCC(=O)NCCCCCC(=O)N[C@@H](CCCCNC(=O)c1ccc(-c2c3ccc(=O)cc-3oc3cc(O)ccc23)c(C(=O)O)c1)C(N)=O)C(C)C. The number of H-pyrrole nitrogens is 1. The Morgan fingerprint density at radius 2 is 0.971 bits per heavy atom. The Balaban J connectivity index is 1.10. The van der Waals surface area contributed by atoms with Gasteiger partial charge in [0.25, 0.3) is 5.91 Å². The molecule has 47 heteroatoms.